The largest absolute Gasteiger partial charge is 0.462 e. The van der Waals surface area contributed by atoms with E-state index in [1.807, 2.05) is 0 Å². The van der Waals surface area contributed by atoms with Crippen LogP contribution in [0.5, 0.6) is 0 Å². The van der Waals surface area contributed by atoms with Crippen LogP contribution in [-0.4, -0.2) is 84.8 Å². The number of unbranched alkanes of at least 4 members (excludes halogenated alkanes) is 2. The third kappa shape index (κ3) is 11.4. The van der Waals surface area contributed by atoms with Crippen LogP contribution >= 0.6 is 0 Å². The number of ether oxygens (including phenoxy) is 4. The van der Waals surface area contributed by atoms with Crippen molar-refractivity contribution in [2.75, 3.05) is 13.1 Å². The molecule has 0 aromatic carbocycles. The first kappa shape index (κ1) is 61.2. The van der Waals surface area contributed by atoms with E-state index in [2.05, 4.69) is 66.0 Å². The molecular formula is C64H102N2O14. The van der Waals surface area contributed by atoms with Crippen molar-refractivity contribution in [1.29, 1.82) is 0 Å². The number of fused-ring (bicyclic) bond motifs is 10. The molecule has 16 heteroatoms. The van der Waals surface area contributed by atoms with E-state index >= 15 is 0 Å². The fraction of sp³-hybridized carbons (Fsp3) is 0.906. The van der Waals surface area contributed by atoms with Crippen molar-refractivity contribution >= 4 is 35.7 Å². The molecule has 9 fully saturated rings. The molecule has 8 saturated carbocycles. The van der Waals surface area contributed by atoms with Crippen LogP contribution in [0.15, 0.2) is 0 Å². The van der Waals surface area contributed by atoms with Crippen molar-refractivity contribution in [3.63, 3.8) is 0 Å². The van der Waals surface area contributed by atoms with Crippen molar-refractivity contribution in [2.24, 2.45) is 92.7 Å². The van der Waals surface area contributed by atoms with Gasteiger partial charge in [-0.15, -0.1) is 0 Å². The molecule has 1 heterocycles. The van der Waals surface area contributed by atoms with Gasteiger partial charge in [0, 0.05) is 102 Å². The monoisotopic (exact) mass is 1120 g/mol. The highest BCUT2D eigenvalue weighted by Crippen LogP contribution is 2.73. The van der Waals surface area contributed by atoms with Gasteiger partial charge in [-0.3, -0.25) is 28.8 Å². The number of carbonyl (C=O) groups is 6. The average Bonchev–Trinajstić information content (AvgIpc) is 4.02. The minimum absolute atomic E-state index is 0.000294. The number of carbonyl (C=O) groups excluding carboxylic acids is 6. The molecule has 16 nitrogen and oxygen atoms in total. The smallest absolute Gasteiger partial charge is 0.302 e. The van der Waals surface area contributed by atoms with E-state index in [4.69, 9.17) is 38.5 Å². The highest BCUT2D eigenvalue weighted by Gasteiger charge is 2.72. The van der Waals surface area contributed by atoms with Gasteiger partial charge in [-0.2, -0.15) is 19.6 Å². The Labute approximate surface area is 478 Å². The summed E-state index contributed by atoms with van der Waals surface area (Å²) in [6.07, 6.45) is 14.8. The molecule has 9 rings (SSSR count). The van der Waals surface area contributed by atoms with Crippen molar-refractivity contribution in [3.8, 4) is 0 Å². The lowest BCUT2D eigenvalue weighted by Gasteiger charge is -2.66. The number of esters is 4. The molecule has 8 unspecified atom stereocenters. The highest BCUT2D eigenvalue weighted by atomic mass is 17.4. The van der Waals surface area contributed by atoms with Gasteiger partial charge in [0.15, 0.2) is 0 Å². The molecule has 8 aliphatic carbocycles. The summed E-state index contributed by atoms with van der Waals surface area (Å²) in [5.74, 6) is -2.06. The molecule has 20 atom stereocenters. The molecule has 0 radical (unpaired) electrons. The van der Waals surface area contributed by atoms with Crippen LogP contribution in [0.2, 0.25) is 0 Å². The van der Waals surface area contributed by atoms with Gasteiger partial charge in [-0.05, 0) is 160 Å². The average molecular weight is 1120 g/mol. The minimum Gasteiger partial charge on any atom is -0.462 e. The van der Waals surface area contributed by atoms with E-state index in [0.717, 1.165) is 77.0 Å². The van der Waals surface area contributed by atoms with E-state index in [-0.39, 0.29) is 142 Å². The van der Waals surface area contributed by atoms with Gasteiger partial charge in [-0.1, -0.05) is 68.2 Å². The van der Waals surface area contributed by atoms with Crippen LogP contribution in [0.25, 0.3) is 0 Å². The molecule has 452 valence electrons. The second kappa shape index (κ2) is 24.0. The molecule has 2 amide bonds. The van der Waals surface area contributed by atoms with Crippen LogP contribution in [0, 0.1) is 92.7 Å². The maximum absolute atomic E-state index is 13.2. The van der Waals surface area contributed by atoms with Gasteiger partial charge < -0.3 is 29.6 Å². The predicted octanol–water partition coefficient (Wildman–Crippen LogP) is 11.4. The number of hydrogen-bond acceptors (Lipinski definition) is 14. The topological polar surface area (TPSA) is 200 Å². The fourth-order valence-corrected chi connectivity index (χ4v) is 20.4. The third-order valence-electron chi connectivity index (χ3n) is 24.2. The number of nitrogens with one attached hydrogen (secondary N) is 2. The number of rotatable bonds is 18. The zero-order valence-corrected chi connectivity index (χ0v) is 50.9. The third-order valence-corrected chi connectivity index (χ3v) is 24.2. The van der Waals surface area contributed by atoms with Gasteiger partial charge in [0.1, 0.15) is 24.4 Å². The van der Waals surface area contributed by atoms with Crippen molar-refractivity contribution in [2.45, 2.75) is 260 Å². The van der Waals surface area contributed by atoms with Gasteiger partial charge in [0.2, 0.25) is 23.4 Å². The summed E-state index contributed by atoms with van der Waals surface area (Å²) >= 11 is 0. The lowest BCUT2D eigenvalue weighted by atomic mass is 9.42. The Morgan fingerprint density at radius 2 is 0.950 bits per heavy atom. The maximum Gasteiger partial charge on any atom is 0.302 e. The highest BCUT2D eigenvalue weighted by molar-refractivity contribution is 5.76. The van der Waals surface area contributed by atoms with Gasteiger partial charge in [-0.25, -0.2) is 0 Å². The standard InChI is InChI=1S/C64H102N2O14/c1-13-15-29-65-55(71)23-17-37(3)45-19-21-47-57-49(33-53(61(45,47)11)75-41(7)69)59(9)27-28-63(35-44(59)32-52(57)74-40(6)68)77-79-64(80-78-63)26-25-43-31-51(73-39(5)67)58-48-22-20-46(38(4)18-24-56(72)66-30-16-14-2)62(48,12)54(76-42(8)70)34-50(58)60(43,10)36-64/h37-38,43-54,57-58H,13-36H2,1-12H3,(H,65,71)(H,66,72)/t37?,38?,43-,44+,45-,46-,47?,48?,49?,50?,51-,52-,53+,54+,57?,58?,59+,60+,61-,62-,63?,64?/m1/s1. The Kier molecular flexibility index (Phi) is 18.3. The van der Waals surface area contributed by atoms with Crippen LogP contribution < -0.4 is 10.6 Å². The zero-order chi connectivity index (χ0) is 57.7. The van der Waals surface area contributed by atoms with Crippen LogP contribution in [0.4, 0.5) is 0 Å². The Morgan fingerprint density at radius 3 is 1.40 bits per heavy atom. The van der Waals surface area contributed by atoms with E-state index in [9.17, 15) is 28.8 Å². The normalized spacial score (nSPS) is 44.1. The zero-order valence-electron chi connectivity index (χ0n) is 50.9. The molecule has 2 spiro atoms. The van der Waals surface area contributed by atoms with E-state index in [1.165, 1.54) is 27.7 Å². The quantitative estimate of drug-likeness (QED) is 0.0568. The second-order valence-electron chi connectivity index (χ2n) is 28.5. The summed E-state index contributed by atoms with van der Waals surface area (Å²) in [6.45, 7) is 25.5. The predicted molar refractivity (Wildman–Crippen MR) is 297 cm³/mol. The molecule has 1 saturated heterocycles. The van der Waals surface area contributed by atoms with Gasteiger partial charge in [0.25, 0.3) is 0 Å². The Bertz CT molecular complexity index is 2270. The molecular weight excluding hydrogens is 1020 g/mol. The summed E-state index contributed by atoms with van der Waals surface area (Å²) in [7, 11) is 0. The van der Waals surface area contributed by atoms with E-state index in [1.54, 1.807) is 0 Å². The van der Waals surface area contributed by atoms with Crippen molar-refractivity contribution in [3.05, 3.63) is 0 Å². The van der Waals surface area contributed by atoms with Crippen LogP contribution in [-0.2, 0) is 67.3 Å². The lowest BCUT2D eigenvalue weighted by Crippen LogP contribution is -2.67. The first-order chi connectivity index (χ1) is 37.9. The van der Waals surface area contributed by atoms with Crippen LogP contribution in [0.3, 0.4) is 0 Å². The Morgan fingerprint density at radius 1 is 0.512 bits per heavy atom. The number of hydrogen-bond donors (Lipinski definition) is 2. The second-order valence-corrected chi connectivity index (χ2v) is 28.5. The van der Waals surface area contributed by atoms with Gasteiger partial charge >= 0.3 is 23.9 Å². The molecule has 80 heavy (non-hydrogen) atoms. The Hall–Kier alpha value is -3.34. The maximum atomic E-state index is 13.2. The summed E-state index contributed by atoms with van der Waals surface area (Å²) < 4.78 is 25.8. The van der Waals surface area contributed by atoms with Gasteiger partial charge in [0.05, 0.1) is 0 Å². The Balaban J connectivity index is 0.925. The molecule has 0 aromatic heterocycles. The summed E-state index contributed by atoms with van der Waals surface area (Å²) in [4.78, 5) is 105. The first-order valence-electron chi connectivity index (χ1n) is 31.8. The van der Waals surface area contributed by atoms with Crippen molar-refractivity contribution < 1.29 is 67.3 Å². The van der Waals surface area contributed by atoms with E-state index < -0.39 is 22.4 Å². The number of amides is 2. The van der Waals surface area contributed by atoms with Crippen molar-refractivity contribution in [1.82, 2.24) is 10.6 Å². The molecule has 9 aliphatic rings. The van der Waals surface area contributed by atoms with Crippen LogP contribution in [0.1, 0.15) is 224 Å². The minimum atomic E-state index is -1.21. The SMILES string of the molecule is CCCCNC(=O)CCC(C)[C@H]1CCC2C3C(C[C@H](OC(C)=O)[C@@]21C)[C@@]1(C)CCC2(C[C@@H]1C[C@H]3OC(C)=O)OOC1(CC[C@@H]3C[C@@H](OC(C)=O)C4C5CC[C@H](C(C)CCC(=O)NCCCC)[C@@]5(C)[C@@H](OC(C)=O)CC4[C@@]3(C)C1)OO2. The molecule has 0 bridgehead atoms. The van der Waals surface area contributed by atoms with E-state index in [0.29, 0.717) is 77.3 Å². The first-order valence-corrected chi connectivity index (χ1v) is 31.8. The molecule has 1 aliphatic heterocycles. The fourth-order valence-electron chi connectivity index (χ4n) is 20.4. The lowest BCUT2D eigenvalue weighted by molar-refractivity contribution is -0.668. The summed E-state index contributed by atoms with van der Waals surface area (Å²) in [5, 5.41) is 6.18. The summed E-state index contributed by atoms with van der Waals surface area (Å²) in [6, 6.07) is 0. The summed E-state index contributed by atoms with van der Waals surface area (Å²) in [5.41, 5.74) is -1.40. The molecule has 2 N–H and O–H groups in total. The molecule has 0 aromatic rings.